The topological polar surface area (TPSA) is 49.8 Å². The molecule has 0 atom stereocenters. The SMILES string of the molecule is CCC(C#N)=C(N)c1c(Cl)cccc1Cl. The van der Waals surface area contributed by atoms with Crippen LogP contribution in [0.5, 0.6) is 0 Å². The minimum atomic E-state index is 0.357. The maximum Gasteiger partial charge on any atom is 0.0968 e. The van der Waals surface area contributed by atoms with Gasteiger partial charge in [-0.2, -0.15) is 5.26 Å². The summed E-state index contributed by atoms with van der Waals surface area (Å²) in [5, 5.41) is 9.78. The fraction of sp³-hybridized carbons (Fsp3) is 0.182. The number of halogens is 2. The van der Waals surface area contributed by atoms with Crippen LogP contribution in [0, 0.1) is 11.3 Å². The Morgan fingerprint density at radius 3 is 2.33 bits per heavy atom. The third-order valence-electron chi connectivity index (χ3n) is 2.05. The van der Waals surface area contributed by atoms with Crippen LogP contribution in [-0.4, -0.2) is 0 Å². The molecule has 4 heteroatoms. The molecule has 78 valence electrons. The van der Waals surface area contributed by atoms with Gasteiger partial charge in [0.15, 0.2) is 0 Å². The average Bonchev–Trinajstić information content (AvgIpc) is 2.19. The molecule has 0 saturated heterocycles. The highest BCUT2D eigenvalue weighted by molar-refractivity contribution is 6.37. The molecule has 2 nitrogen and oxygen atoms in total. The number of allylic oxidation sites excluding steroid dienone is 1. The Bertz CT molecular complexity index is 424. The molecule has 1 aromatic rings. The van der Waals surface area contributed by atoms with E-state index in [1.165, 1.54) is 0 Å². The second-order valence-electron chi connectivity index (χ2n) is 2.95. The fourth-order valence-corrected chi connectivity index (χ4v) is 1.84. The molecule has 0 aromatic heterocycles. The van der Waals surface area contributed by atoms with E-state index >= 15 is 0 Å². The highest BCUT2D eigenvalue weighted by Gasteiger charge is 2.11. The lowest BCUT2D eigenvalue weighted by Gasteiger charge is -2.08. The van der Waals surface area contributed by atoms with E-state index in [1.807, 2.05) is 13.0 Å². The molecule has 0 heterocycles. The lowest BCUT2D eigenvalue weighted by atomic mass is 10.1. The molecule has 0 amide bonds. The average molecular weight is 241 g/mol. The number of nitriles is 1. The third-order valence-corrected chi connectivity index (χ3v) is 2.68. The minimum absolute atomic E-state index is 0.357. The summed E-state index contributed by atoms with van der Waals surface area (Å²) in [6.07, 6.45) is 0.559. The molecule has 0 aliphatic carbocycles. The van der Waals surface area contributed by atoms with E-state index in [0.29, 0.717) is 33.3 Å². The van der Waals surface area contributed by atoms with Gasteiger partial charge in [-0.25, -0.2) is 0 Å². The van der Waals surface area contributed by atoms with E-state index in [4.69, 9.17) is 34.2 Å². The number of benzene rings is 1. The van der Waals surface area contributed by atoms with E-state index in [-0.39, 0.29) is 0 Å². The molecular weight excluding hydrogens is 231 g/mol. The highest BCUT2D eigenvalue weighted by atomic mass is 35.5. The molecule has 0 saturated carbocycles. The van der Waals surface area contributed by atoms with Gasteiger partial charge in [-0.05, 0) is 18.6 Å². The van der Waals surface area contributed by atoms with Crippen molar-refractivity contribution in [1.82, 2.24) is 0 Å². The van der Waals surface area contributed by atoms with Crippen LogP contribution in [0.15, 0.2) is 23.8 Å². The monoisotopic (exact) mass is 240 g/mol. The first-order valence-corrected chi connectivity index (χ1v) is 5.20. The molecule has 0 aliphatic rings. The van der Waals surface area contributed by atoms with Gasteiger partial charge < -0.3 is 5.73 Å². The van der Waals surface area contributed by atoms with Crippen LogP contribution in [-0.2, 0) is 0 Å². The zero-order valence-corrected chi connectivity index (χ0v) is 9.73. The van der Waals surface area contributed by atoms with Gasteiger partial charge in [0.2, 0.25) is 0 Å². The molecule has 0 bridgehead atoms. The summed E-state index contributed by atoms with van der Waals surface area (Å²) in [6.45, 7) is 1.86. The summed E-state index contributed by atoms with van der Waals surface area (Å²) in [6, 6.07) is 7.17. The molecule has 1 aromatic carbocycles. The van der Waals surface area contributed by atoms with Gasteiger partial charge in [0.25, 0.3) is 0 Å². The van der Waals surface area contributed by atoms with Crippen molar-refractivity contribution in [3.63, 3.8) is 0 Å². The summed E-state index contributed by atoms with van der Waals surface area (Å²) in [4.78, 5) is 0. The Morgan fingerprint density at radius 2 is 1.93 bits per heavy atom. The second kappa shape index (κ2) is 5.06. The van der Waals surface area contributed by atoms with Crippen LogP contribution >= 0.6 is 23.2 Å². The van der Waals surface area contributed by atoms with Gasteiger partial charge in [0.05, 0.1) is 27.4 Å². The van der Waals surface area contributed by atoms with Gasteiger partial charge in [-0.15, -0.1) is 0 Å². The van der Waals surface area contributed by atoms with Crippen molar-refractivity contribution in [2.75, 3.05) is 0 Å². The highest BCUT2D eigenvalue weighted by Crippen LogP contribution is 2.30. The van der Waals surface area contributed by atoms with Gasteiger partial charge in [-0.1, -0.05) is 36.2 Å². The number of nitrogens with two attached hydrogens (primary N) is 1. The minimum Gasteiger partial charge on any atom is -0.397 e. The van der Waals surface area contributed by atoms with E-state index < -0.39 is 0 Å². The molecule has 15 heavy (non-hydrogen) atoms. The van der Waals surface area contributed by atoms with Crippen molar-refractivity contribution in [3.05, 3.63) is 39.4 Å². The van der Waals surface area contributed by atoms with Crippen molar-refractivity contribution in [1.29, 1.82) is 5.26 Å². The largest absolute Gasteiger partial charge is 0.397 e. The Morgan fingerprint density at radius 1 is 1.40 bits per heavy atom. The molecule has 0 radical (unpaired) electrons. The first-order valence-electron chi connectivity index (χ1n) is 4.44. The number of nitrogens with zero attached hydrogens (tertiary/aromatic N) is 1. The van der Waals surface area contributed by atoms with E-state index in [0.717, 1.165) is 0 Å². The Hall–Kier alpha value is -1.17. The molecule has 0 fully saturated rings. The normalized spacial score (nSPS) is 11.9. The Labute approximate surface area is 98.9 Å². The van der Waals surface area contributed by atoms with Crippen LogP contribution in [0.25, 0.3) is 5.70 Å². The lowest BCUT2D eigenvalue weighted by molar-refractivity contribution is 1.14. The summed E-state index contributed by atoms with van der Waals surface area (Å²) in [5.41, 5.74) is 7.24. The summed E-state index contributed by atoms with van der Waals surface area (Å²) < 4.78 is 0. The fourth-order valence-electron chi connectivity index (χ4n) is 1.24. The van der Waals surface area contributed by atoms with Crippen molar-refractivity contribution in [2.24, 2.45) is 5.73 Å². The molecule has 0 spiro atoms. The first kappa shape index (κ1) is 11.9. The summed E-state index contributed by atoms with van der Waals surface area (Å²) in [7, 11) is 0. The van der Waals surface area contributed by atoms with E-state index in [2.05, 4.69) is 0 Å². The number of rotatable bonds is 2. The molecule has 0 unspecified atom stereocenters. The van der Waals surface area contributed by atoms with Gasteiger partial charge in [0, 0.05) is 5.56 Å². The lowest BCUT2D eigenvalue weighted by Crippen LogP contribution is -2.02. The van der Waals surface area contributed by atoms with Crippen molar-refractivity contribution >= 4 is 28.9 Å². The molecule has 2 N–H and O–H groups in total. The molecular formula is C11H10Cl2N2. The first-order chi connectivity index (χ1) is 7.11. The third kappa shape index (κ3) is 2.44. The predicted octanol–water partition coefficient (Wildman–Crippen LogP) is 3.60. The second-order valence-corrected chi connectivity index (χ2v) is 3.77. The quantitative estimate of drug-likeness (QED) is 0.804. The number of hydrogen-bond acceptors (Lipinski definition) is 2. The van der Waals surface area contributed by atoms with Gasteiger partial charge in [0.1, 0.15) is 0 Å². The van der Waals surface area contributed by atoms with Crippen LogP contribution in [0.2, 0.25) is 10.0 Å². The number of hydrogen-bond donors (Lipinski definition) is 1. The predicted molar refractivity (Wildman–Crippen MR) is 63.5 cm³/mol. The van der Waals surface area contributed by atoms with E-state index in [1.54, 1.807) is 18.2 Å². The summed E-state index contributed by atoms with van der Waals surface area (Å²) >= 11 is 11.9. The summed E-state index contributed by atoms with van der Waals surface area (Å²) in [5.74, 6) is 0. The molecule has 0 aliphatic heterocycles. The van der Waals surface area contributed by atoms with Crippen LogP contribution in [0.4, 0.5) is 0 Å². The Kier molecular flexibility index (Phi) is 4.02. The maximum atomic E-state index is 8.87. The zero-order chi connectivity index (χ0) is 11.4. The Balaban J connectivity index is 3.41. The van der Waals surface area contributed by atoms with Gasteiger partial charge in [-0.3, -0.25) is 0 Å². The maximum absolute atomic E-state index is 8.87. The standard InChI is InChI=1S/C11H10Cl2N2/c1-2-7(6-14)11(15)10-8(12)4-3-5-9(10)13/h3-5H,2,15H2,1H3. The molecule has 1 rings (SSSR count). The van der Waals surface area contributed by atoms with Crippen molar-refractivity contribution < 1.29 is 0 Å². The smallest absolute Gasteiger partial charge is 0.0968 e. The van der Waals surface area contributed by atoms with E-state index in [9.17, 15) is 0 Å². The van der Waals surface area contributed by atoms with Crippen LogP contribution in [0.3, 0.4) is 0 Å². The van der Waals surface area contributed by atoms with Crippen molar-refractivity contribution in [3.8, 4) is 6.07 Å². The van der Waals surface area contributed by atoms with Crippen molar-refractivity contribution in [2.45, 2.75) is 13.3 Å². The van der Waals surface area contributed by atoms with Gasteiger partial charge >= 0.3 is 0 Å². The van der Waals surface area contributed by atoms with Crippen LogP contribution < -0.4 is 5.73 Å². The van der Waals surface area contributed by atoms with Crippen LogP contribution in [0.1, 0.15) is 18.9 Å². The zero-order valence-electron chi connectivity index (χ0n) is 8.22.